The van der Waals surface area contributed by atoms with Crippen molar-refractivity contribution in [3.05, 3.63) is 15.9 Å². The quantitative estimate of drug-likeness (QED) is 0.882. The van der Waals surface area contributed by atoms with Gasteiger partial charge in [-0.05, 0) is 42.6 Å². The zero-order valence-corrected chi connectivity index (χ0v) is 9.63. The Morgan fingerprint density at radius 1 is 1.54 bits per heavy atom. The van der Waals surface area contributed by atoms with Gasteiger partial charge < -0.3 is 5.11 Å². The zero-order chi connectivity index (χ0) is 9.84. The van der Waals surface area contributed by atoms with Crippen LogP contribution in [0.3, 0.4) is 0 Å². The van der Waals surface area contributed by atoms with Crippen LogP contribution in [0, 0.1) is 6.92 Å². The van der Waals surface area contributed by atoms with Crippen LogP contribution in [0.5, 0.6) is 0 Å². The van der Waals surface area contributed by atoms with Crippen molar-refractivity contribution in [2.75, 3.05) is 6.61 Å². The fourth-order valence-electron chi connectivity index (χ4n) is 1.35. The van der Waals surface area contributed by atoms with Gasteiger partial charge in [0.1, 0.15) is 0 Å². The summed E-state index contributed by atoms with van der Waals surface area (Å²) in [5.41, 5.74) is 2.21. The minimum absolute atomic E-state index is 0.236. The monoisotopic (exact) mass is 246 g/mol. The number of rotatable bonds is 4. The number of hydrogen-bond donors (Lipinski definition) is 1. The van der Waals surface area contributed by atoms with E-state index in [0.29, 0.717) is 0 Å². The number of aromatic nitrogens is 2. The predicted octanol–water partition coefficient (Wildman–Crippen LogP) is 1.90. The molecule has 0 saturated heterocycles. The first-order valence-electron chi connectivity index (χ1n) is 4.53. The fraction of sp³-hybridized carbons (Fsp3) is 0.667. The highest BCUT2D eigenvalue weighted by Crippen LogP contribution is 2.21. The Morgan fingerprint density at radius 3 is 2.77 bits per heavy atom. The maximum absolute atomic E-state index is 8.74. The molecule has 0 saturated carbocycles. The van der Waals surface area contributed by atoms with Gasteiger partial charge in [0.25, 0.3) is 0 Å². The lowest BCUT2D eigenvalue weighted by atomic mass is 10.2. The molecule has 0 atom stereocenters. The Bertz CT molecular complexity index is 283. The molecule has 1 aromatic rings. The first-order valence-corrected chi connectivity index (χ1v) is 5.32. The maximum atomic E-state index is 8.74. The summed E-state index contributed by atoms with van der Waals surface area (Å²) in [5.74, 6) is 0. The molecule has 13 heavy (non-hydrogen) atoms. The van der Waals surface area contributed by atoms with Crippen LogP contribution in [0.15, 0.2) is 4.47 Å². The smallest absolute Gasteiger partial charge is 0.0738 e. The number of nitrogens with zero attached hydrogens (tertiary/aromatic N) is 2. The van der Waals surface area contributed by atoms with E-state index in [1.54, 1.807) is 0 Å². The highest BCUT2D eigenvalue weighted by atomic mass is 79.9. The van der Waals surface area contributed by atoms with Crippen LogP contribution in [0.4, 0.5) is 0 Å². The molecule has 0 radical (unpaired) electrons. The summed E-state index contributed by atoms with van der Waals surface area (Å²) < 4.78 is 3.07. The molecule has 1 N–H and O–H groups in total. The molecule has 74 valence electrons. The largest absolute Gasteiger partial charge is 0.396 e. The van der Waals surface area contributed by atoms with Crippen molar-refractivity contribution in [1.82, 2.24) is 9.78 Å². The van der Waals surface area contributed by atoms with E-state index in [1.807, 2.05) is 11.6 Å². The highest BCUT2D eigenvalue weighted by Gasteiger charge is 2.10. The van der Waals surface area contributed by atoms with Gasteiger partial charge in [-0.25, -0.2) is 0 Å². The number of aliphatic hydroxyl groups is 1. The molecule has 0 amide bonds. The molecule has 3 nitrogen and oxygen atoms in total. The van der Waals surface area contributed by atoms with Gasteiger partial charge in [-0.15, -0.1) is 0 Å². The molecule has 0 spiro atoms. The molecule has 0 bridgehead atoms. The molecule has 4 heteroatoms. The molecule has 0 fully saturated rings. The number of hydrogen-bond acceptors (Lipinski definition) is 2. The van der Waals surface area contributed by atoms with Crippen molar-refractivity contribution in [1.29, 1.82) is 0 Å². The Balaban J connectivity index is 2.88. The third kappa shape index (κ3) is 2.31. The van der Waals surface area contributed by atoms with Crippen LogP contribution >= 0.6 is 15.9 Å². The van der Waals surface area contributed by atoms with E-state index in [-0.39, 0.29) is 6.61 Å². The van der Waals surface area contributed by atoms with Gasteiger partial charge in [0.15, 0.2) is 0 Å². The molecule has 0 aromatic carbocycles. The van der Waals surface area contributed by atoms with Crippen LogP contribution in [-0.4, -0.2) is 21.5 Å². The third-order valence-electron chi connectivity index (χ3n) is 2.02. The van der Waals surface area contributed by atoms with Gasteiger partial charge in [0, 0.05) is 13.2 Å². The molecular weight excluding hydrogens is 232 g/mol. The molecular formula is C9H15BrN2O. The molecule has 0 aliphatic rings. The zero-order valence-electron chi connectivity index (χ0n) is 8.05. The predicted molar refractivity (Wildman–Crippen MR) is 55.7 cm³/mol. The Hall–Kier alpha value is -0.350. The van der Waals surface area contributed by atoms with Gasteiger partial charge >= 0.3 is 0 Å². The first-order chi connectivity index (χ1) is 6.20. The summed E-state index contributed by atoms with van der Waals surface area (Å²) in [6.45, 7) is 5.17. The van der Waals surface area contributed by atoms with Crippen molar-refractivity contribution in [2.24, 2.45) is 0 Å². The van der Waals surface area contributed by atoms with E-state index in [9.17, 15) is 0 Å². The van der Waals surface area contributed by atoms with E-state index >= 15 is 0 Å². The van der Waals surface area contributed by atoms with Gasteiger partial charge in [0.2, 0.25) is 0 Å². The van der Waals surface area contributed by atoms with Crippen molar-refractivity contribution in [3.63, 3.8) is 0 Å². The summed E-state index contributed by atoms with van der Waals surface area (Å²) in [4.78, 5) is 0. The van der Waals surface area contributed by atoms with Gasteiger partial charge in [-0.3, -0.25) is 4.68 Å². The van der Waals surface area contributed by atoms with Crippen LogP contribution in [0.2, 0.25) is 0 Å². The summed E-state index contributed by atoms with van der Waals surface area (Å²) in [6.07, 6.45) is 1.68. The van der Waals surface area contributed by atoms with Crippen LogP contribution in [0.25, 0.3) is 0 Å². The summed E-state index contributed by atoms with van der Waals surface area (Å²) >= 11 is 3.51. The third-order valence-corrected chi connectivity index (χ3v) is 3.06. The molecule has 1 rings (SSSR count). The number of aryl methyl sites for hydroxylation is 2. The Labute approximate surface area is 86.9 Å². The van der Waals surface area contributed by atoms with Crippen molar-refractivity contribution in [3.8, 4) is 0 Å². The average Bonchev–Trinajstić information content (AvgIpc) is 2.40. The van der Waals surface area contributed by atoms with E-state index in [2.05, 4.69) is 28.0 Å². The summed E-state index contributed by atoms with van der Waals surface area (Å²) in [6, 6.07) is 0. The lowest BCUT2D eigenvalue weighted by Gasteiger charge is -2.03. The topological polar surface area (TPSA) is 38.0 Å². The second-order valence-electron chi connectivity index (χ2n) is 2.99. The number of halogens is 1. The normalized spacial score (nSPS) is 10.8. The summed E-state index contributed by atoms with van der Waals surface area (Å²) in [7, 11) is 0. The molecule has 0 aliphatic heterocycles. The van der Waals surface area contributed by atoms with Crippen LogP contribution in [0.1, 0.15) is 24.7 Å². The highest BCUT2D eigenvalue weighted by molar-refractivity contribution is 9.10. The first kappa shape index (κ1) is 10.7. The fourth-order valence-corrected chi connectivity index (χ4v) is 1.84. The van der Waals surface area contributed by atoms with E-state index in [4.69, 9.17) is 5.11 Å². The van der Waals surface area contributed by atoms with E-state index in [0.717, 1.165) is 29.6 Å². The Morgan fingerprint density at radius 2 is 2.23 bits per heavy atom. The number of aliphatic hydroxyl groups excluding tert-OH is 1. The van der Waals surface area contributed by atoms with Crippen LogP contribution in [-0.2, 0) is 13.0 Å². The van der Waals surface area contributed by atoms with Crippen molar-refractivity contribution < 1.29 is 5.11 Å². The SMILES string of the molecule is CCn1nc(C)c(Br)c1CCCO. The second kappa shape index (κ2) is 4.77. The lowest BCUT2D eigenvalue weighted by molar-refractivity contribution is 0.287. The van der Waals surface area contributed by atoms with E-state index in [1.165, 1.54) is 5.69 Å². The Kier molecular flexibility index (Phi) is 3.93. The molecule has 1 aromatic heterocycles. The second-order valence-corrected chi connectivity index (χ2v) is 3.78. The molecule has 0 aliphatic carbocycles. The molecule has 1 heterocycles. The van der Waals surface area contributed by atoms with E-state index < -0.39 is 0 Å². The van der Waals surface area contributed by atoms with Crippen LogP contribution < -0.4 is 0 Å². The minimum Gasteiger partial charge on any atom is -0.396 e. The van der Waals surface area contributed by atoms with Gasteiger partial charge in [0.05, 0.1) is 15.9 Å². The average molecular weight is 247 g/mol. The summed E-state index contributed by atoms with van der Waals surface area (Å²) in [5, 5.41) is 13.1. The van der Waals surface area contributed by atoms with Crippen molar-refractivity contribution >= 4 is 15.9 Å². The van der Waals surface area contributed by atoms with Crippen molar-refractivity contribution in [2.45, 2.75) is 33.2 Å². The standard InChI is InChI=1S/C9H15BrN2O/c1-3-12-8(5-4-6-13)9(10)7(2)11-12/h13H,3-6H2,1-2H3. The lowest BCUT2D eigenvalue weighted by Crippen LogP contribution is -2.03. The minimum atomic E-state index is 0.236. The van der Waals surface area contributed by atoms with Gasteiger partial charge in [-0.1, -0.05) is 0 Å². The maximum Gasteiger partial charge on any atom is 0.0738 e. The van der Waals surface area contributed by atoms with Gasteiger partial charge in [-0.2, -0.15) is 5.10 Å². The molecule has 0 unspecified atom stereocenters.